The van der Waals surface area contributed by atoms with Gasteiger partial charge in [-0.2, -0.15) is 0 Å². The molecule has 0 saturated carbocycles. The summed E-state index contributed by atoms with van der Waals surface area (Å²) < 4.78 is 25.6. The maximum Gasteiger partial charge on any atom is 0.119 e. The van der Waals surface area contributed by atoms with E-state index in [1.807, 2.05) is 0 Å². The third-order valence-electron chi connectivity index (χ3n) is 16.5. The highest BCUT2D eigenvalue weighted by molar-refractivity contribution is 5.86. The zero-order chi connectivity index (χ0) is 55.8. The Morgan fingerprint density at radius 3 is 0.633 bits per heavy atom. The second kappa shape index (κ2) is 32.1. The van der Waals surface area contributed by atoms with Crippen molar-refractivity contribution < 1.29 is 18.9 Å². The van der Waals surface area contributed by atoms with Crippen molar-refractivity contribution in [3.63, 3.8) is 0 Å². The van der Waals surface area contributed by atoms with Crippen LogP contribution >= 0.6 is 0 Å². The lowest BCUT2D eigenvalue weighted by Crippen LogP contribution is -2.11. The van der Waals surface area contributed by atoms with Crippen molar-refractivity contribution in [2.45, 2.75) is 165 Å². The van der Waals surface area contributed by atoms with Crippen molar-refractivity contribution >= 4 is 0 Å². The Labute approximate surface area is 478 Å². The Bertz CT molecular complexity index is 2490. The topological polar surface area (TPSA) is 36.9 Å². The van der Waals surface area contributed by atoms with Crippen LogP contribution in [0.1, 0.15) is 164 Å². The largest absolute Gasteiger partial charge is 0.493 e. The third kappa shape index (κ3) is 18.4. The van der Waals surface area contributed by atoms with E-state index >= 15 is 0 Å². The van der Waals surface area contributed by atoms with Crippen LogP contribution in [-0.4, -0.2) is 26.4 Å². The molecule has 0 fully saturated rings. The lowest BCUT2D eigenvalue weighted by molar-refractivity contribution is 0.233. The molecule has 0 amide bonds. The minimum absolute atomic E-state index is 0.577. The minimum Gasteiger partial charge on any atom is -0.493 e. The highest BCUT2D eigenvalue weighted by Crippen LogP contribution is 2.39. The molecule has 0 N–H and O–H groups in total. The summed E-state index contributed by atoms with van der Waals surface area (Å²) >= 11 is 0. The van der Waals surface area contributed by atoms with Crippen LogP contribution in [0.3, 0.4) is 0 Å². The van der Waals surface area contributed by atoms with Crippen LogP contribution in [0.15, 0.2) is 152 Å². The molecule has 420 valence electrons. The smallest absolute Gasteiger partial charge is 0.119 e. The van der Waals surface area contributed by atoms with E-state index in [0.29, 0.717) is 23.7 Å². The number of unbranched alkanes of at least 4 members (excludes halogenated alkanes) is 4. The number of aryl methyl sites for hydroxylation is 1. The molecular formula is C75H96O4. The minimum atomic E-state index is 0.577. The van der Waals surface area contributed by atoms with Crippen molar-refractivity contribution in [2.75, 3.05) is 26.4 Å². The Hall–Kier alpha value is -6.26. The first-order chi connectivity index (χ1) is 38.6. The number of benzene rings is 7. The predicted octanol–water partition coefficient (Wildman–Crippen LogP) is 22.4. The molecule has 0 aliphatic rings. The normalized spacial score (nSPS) is 12.9. The van der Waals surface area contributed by atoms with Crippen LogP contribution in [0.25, 0.3) is 66.8 Å². The summed E-state index contributed by atoms with van der Waals surface area (Å²) in [5.41, 5.74) is 15.2. The van der Waals surface area contributed by atoms with Crippen LogP contribution in [-0.2, 0) is 0 Å². The molecule has 4 heteroatoms. The molecule has 0 aliphatic carbocycles. The van der Waals surface area contributed by atoms with E-state index < -0.39 is 0 Å². The van der Waals surface area contributed by atoms with Crippen molar-refractivity contribution in [2.24, 2.45) is 23.7 Å². The maximum atomic E-state index is 6.40. The van der Waals surface area contributed by atoms with Gasteiger partial charge in [0.25, 0.3) is 0 Å². The van der Waals surface area contributed by atoms with E-state index in [4.69, 9.17) is 18.9 Å². The van der Waals surface area contributed by atoms with Gasteiger partial charge in [0.15, 0.2) is 0 Å². The van der Waals surface area contributed by atoms with Gasteiger partial charge in [-0.1, -0.05) is 193 Å². The molecule has 0 bridgehead atoms. The first kappa shape index (κ1) is 60.4. The van der Waals surface area contributed by atoms with Gasteiger partial charge in [-0.05, 0) is 220 Å². The molecule has 0 heterocycles. The van der Waals surface area contributed by atoms with E-state index in [1.54, 1.807) is 0 Å². The lowest BCUT2D eigenvalue weighted by atomic mass is 9.89. The molecular weight excluding hydrogens is 965 g/mol. The fourth-order valence-corrected chi connectivity index (χ4v) is 10.8. The van der Waals surface area contributed by atoms with Gasteiger partial charge in [0.1, 0.15) is 23.0 Å². The molecule has 7 aromatic rings. The highest BCUT2D eigenvalue weighted by Gasteiger charge is 2.16. The zero-order valence-corrected chi connectivity index (χ0v) is 50.0. The SMILES string of the molecule is CCCCC(CC)COc1ccc(-c2cc(-c3ccc(OCC(CC)CCCC)cc3)cc(-c3cc(C)cc(-c4cc(-c5ccc(OCC(CC)CCCC)cc5)cc(-c5ccc(OCC(CC)CCCC)cc5)c4)c3)c2)cc1. The van der Waals surface area contributed by atoms with Crippen LogP contribution in [0.2, 0.25) is 0 Å². The average Bonchev–Trinajstić information content (AvgIpc) is 3.53. The summed E-state index contributed by atoms with van der Waals surface area (Å²) in [7, 11) is 0. The first-order valence-corrected chi connectivity index (χ1v) is 31.0. The summed E-state index contributed by atoms with van der Waals surface area (Å²) in [6, 6.07) is 56.2. The van der Waals surface area contributed by atoms with Crippen LogP contribution in [0.5, 0.6) is 23.0 Å². The summed E-state index contributed by atoms with van der Waals surface area (Å²) in [6.45, 7) is 23.4. The van der Waals surface area contributed by atoms with E-state index in [1.165, 1.54) is 127 Å². The molecule has 0 spiro atoms. The van der Waals surface area contributed by atoms with Gasteiger partial charge in [-0.25, -0.2) is 0 Å². The number of ether oxygens (including phenoxy) is 4. The van der Waals surface area contributed by atoms with Gasteiger partial charge in [0, 0.05) is 0 Å². The van der Waals surface area contributed by atoms with Crippen molar-refractivity contribution in [3.8, 4) is 89.8 Å². The first-order valence-electron chi connectivity index (χ1n) is 31.0. The van der Waals surface area contributed by atoms with Gasteiger partial charge < -0.3 is 18.9 Å². The standard InChI is InChI=1S/C75H96O4/c1-10-18-22-56(14-5)51-76-72-34-26-60(27-35-72)66-45-67(61-28-36-73(37-29-61)77-52-57(15-6)23-19-11-2)48-70(47-66)64-42-55(9)43-65(44-64)71-49-68(62-30-38-74(39-31-62)78-53-58(16-7)24-20-12-3)46-69(50-71)63-32-40-75(41-33-63)79-54-59(17-8)25-21-13-4/h26-50,56-59H,10-25,51-54H2,1-9H3. The number of hydrogen-bond acceptors (Lipinski definition) is 4. The average molecular weight is 1060 g/mol. The van der Waals surface area contributed by atoms with Crippen LogP contribution in [0.4, 0.5) is 0 Å². The van der Waals surface area contributed by atoms with Gasteiger partial charge in [-0.15, -0.1) is 0 Å². The van der Waals surface area contributed by atoms with E-state index in [-0.39, 0.29) is 0 Å². The fraction of sp³-hybridized carbons (Fsp3) is 0.440. The molecule has 0 aliphatic heterocycles. The summed E-state index contributed by atoms with van der Waals surface area (Å²) in [5.74, 6) is 6.01. The second-order valence-corrected chi connectivity index (χ2v) is 22.7. The fourth-order valence-electron chi connectivity index (χ4n) is 10.8. The Balaban J connectivity index is 1.26. The van der Waals surface area contributed by atoms with Gasteiger partial charge in [0.2, 0.25) is 0 Å². The van der Waals surface area contributed by atoms with Crippen LogP contribution < -0.4 is 18.9 Å². The van der Waals surface area contributed by atoms with Gasteiger partial charge >= 0.3 is 0 Å². The van der Waals surface area contributed by atoms with E-state index in [9.17, 15) is 0 Å². The van der Waals surface area contributed by atoms with Crippen molar-refractivity contribution in [1.82, 2.24) is 0 Å². The number of rotatable bonds is 34. The van der Waals surface area contributed by atoms with Crippen LogP contribution in [0, 0.1) is 30.6 Å². The molecule has 4 atom stereocenters. The van der Waals surface area contributed by atoms with E-state index in [2.05, 4.69) is 214 Å². The molecule has 0 radical (unpaired) electrons. The van der Waals surface area contributed by atoms with Crippen molar-refractivity contribution in [1.29, 1.82) is 0 Å². The Morgan fingerprint density at radius 1 is 0.253 bits per heavy atom. The molecule has 0 aromatic heterocycles. The molecule has 7 aromatic carbocycles. The highest BCUT2D eigenvalue weighted by atomic mass is 16.5. The number of hydrogen-bond donors (Lipinski definition) is 0. The second-order valence-electron chi connectivity index (χ2n) is 22.7. The predicted molar refractivity (Wildman–Crippen MR) is 339 cm³/mol. The third-order valence-corrected chi connectivity index (χ3v) is 16.5. The summed E-state index contributed by atoms with van der Waals surface area (Å²) in [6.07, 6.45) is 19.3. The summed E-state index contributed by atoms with van der Waals surface area (Å²) in [5, 5.41) is 0. The Morgan fingerprint density at radius 2 is 0.443 bits per heavy atom. The van der Waals surface area contributed by atoms with E-state index in [0.717, 1.165) is 97.4 Å². The Kier molecular flexibility index (Phi) is 24.5. The van der Waals surface area contributed by atoms with Crippen molar-refractivity contribution in [3.05, 3.63) is 157 Å². The molecule has 4 nitrogen and oxygen atoms in total. The lowest BCUT2D eigenvalue weighted by Gasteiger charge is -2.17. The molecule has 79 heavy (non-hydrogen) atoms. The molecule has 7 rings (SSSR count). The van der Waals surface area contributed by atoms with Gasteiger partial charge in [-0.3, -0.25) is 0 Å². The maximum absolute atomic E-state index is 6.40. The quantitative estimate of drug-likeness (QED) is 0.0403. The van der Waals surface area contributed by atoms with Gasteiger partial charge in [0.05, 0.1) is 26.4 Å². The monoisotopic (exact) mass is 1060 g/mol. The zero-order valence-electron chi connectivity index (χ0n) is 50.0. The molecule has 0 saturated heterocycles. The summed E-state index contributed by atoms with van der Waals surface area (Å²) in [4.78, 5) is 0. The molecule has 4 unspecified atom stereocenters.